The van der Waals surface area contributed by atoms with E-state index in [0.29, 0.717) is 5.92 Å². The second-order valence-electron chi connectivity index (χ2n) is 3.92. The Morgan fingerprint density at radius 2 is 2.23 bits per heavy atom. The van der Waals surface area contributed by atoms with Gasteiger partial charge in [0, 0.05) is 11.7 Å². The second-order valence-corrected chi connectivity index (χ2v) is 3.92. The molecule has 1 aromatic rings. The predicted molar refractivity (Wildman–Crippen MR) is 53.2 cm³/mol. The van der Waals surface area contributed by atoms with Crippen molar-refractivity contribution in [3.63, 3.8) is 0 Å². The van der Waals surface area contributed by atoms with Crippen molar-refractivity contribution in [3.8, 4) is 0 Å². The average molecular weight is 176 g/mol. The van der Waals surface area contributed by atoms with E-state index in [1.54, 1.807) is 0 Å². The molecule has 1 aliphatic rings. The smallest absolute Gasteiger partial charge is 0.0577 e. The first kappa shape index (κ1) is 8.70. The molecule has 1 aliphatic carbocycles. The zero-order chi connectivity index (χ0) is 9.26. The van der Waals surface area contributed by atoms with E-state index in [4.69, 9.17) is 5.73 Å². The average Bonchev–Trinajstić information content (AvgIpc) is 2.01. The fourth-order valence-corrected chi connectivity index (χ4v) is 1.79. The minimum Gasteiger partial charge on any atom is -0.322 e. The predicted octanol–water partition coefficient (Wildman–Crippen LogP) is 2.19. The Bertz CT molecular complexity index is 292. The largest absolute Gasteiger partial charge is 0.322 e. The van der Waals surface area contributed by atoms with Gasteiger partial charge in [0.2, 0.25) is 0 Å². The molecule has 1 atom stereocenters. The molecular formula is C11H16N2. The molecule has 0 aromatic carbocycles. The van der Waals surface area contributed by atoms with Crippen LogP contribution in [0.3, 0.4) is 0 Å². The molecule has 1 aromatic heterocycles. The highest BCUT2D eigenvalue weighted by Crippen LogP contribution is 2.35. The Hall–Kier alpha value is -0.890. The molecule has 1 heterocycles. The lowest BCUT2D eigenvalue weighted by molar-refractivity contribution is 0.261. The van der Waals surface area contributed by atoms with Crippen LogP contribution in [0.15, 0.2) is 18.2 Å². The summed E-state index contributed by atoms with van der Waals surface area (Å²) >= 11 is 0. The third kappa shape index (κ3) is 1.73. The van der Waals surface area contributed by atoms with Crippen LogP contribution < -0.4 is 5.73 Å². The first-order valence-corrected chi connectivity index (χ1v) is 4.96. The van der Waals surface area contributed by atoms with Gasteiger partial charge in [-0.2, -0.15) is 0 Å². The highest BCUT2D eigenvalue weighted by Gasteiger charge is 2.26. The van der Waals surface area contributed by atoms with Crippen LogP contribution in [0.4, 0.5) is 0 Å². The zero-order valence-corrected chi connectivity index (χ0v) is 8.03. The Balaban J connectivity index is 2.14. The zero-order valence-electron chi connectivity index (χ0n) is 8.03. The summed E-state index contributed by atoms with van der Waals surface area (Å²) in [5, 5.41) is 0. The van der Waals surface area contributed by atoms with Gasteiger partial charge < -0.3 is 5.73 Å². The first-order valence-electron chi connectivity index (χ1n) is 4.96. The number of rotatable bonds is 2. The summed E-state index contributed by atoms with van der Waals surface area (Å²) in [4.78, 5) is 4.45. The molecule has 13 heavy (non-hydrogen) atoms. The molecule has 0 aliphatic heterocycles. The van der Waals surface area contributed by atoms with Gasteiger partial charge in [0.25, 0.3) is 0 Å². The van der Waals surface area contributed by atoms with Gasteiger partial charge in [-0.3, -0.25) is 4.98 Å². The molecule has 2 rings (SSSR count). The Labute approximate surface area is 79.2 Å². The van der Waals surface area contributed by atoms with Crippen molar-refractivity contribution >= 4 is 0 Å². The highest BCUT2D eigenvalue weighted by atomic mass is 14.8. The maximum Gasteiger partial charge on any atom is 0.0577 e. The standard InChI is InChI=1S/C11H16N2/c1-8-4-2-7-10(13-8)11(12)9-5-3-6-9/h2,4,7,9,11H,3,5-6,12H2,1H3. The Morgan fingerprint density at radius 3 is 2.77 bits per heavy atom. The van der Waals surface area contributed by atoms with E-state index < -0.39 is 0 Å². The summed E-state index contributed by atoms with van der Waals surface area (Å²) < 4.78 is 0. The quantitative estimate of drug-likeness (QED) is 0.750. The van der Waals surface area contributed by atoms with Gasteiger partial charge in [-0.25, -0.2) is 0 Å². The maximum atomic E-state index is 6.11. The highest BCUT2D eigenvalue weighted by molar-refractivity contribution is 5.14. The van der Waals surface area contributed by atoms with Crippen molar-refractivity contribution in [3.05, 3.63) is 29.6 Å². The monoisotopic (exact) mass is 176 g/mol. The van der Waals surface area contributed by atoms with Crippen molar-refractivity contribution in [2.45, 2.75) is 32.2 Å². The number of hydrogen-bond donors (Lipinski definition) is 1. The second kappa shape index (κ2) is 3.46. The maximum absolute atomic E-state index is 6.11. The normalized spacial score (nSPS) is 19.5. The van der Waals surface area contributed by atoms with E-state index in [1.165, 1.54) is 19.3 Å². The molecule has 2 heteroatoms. The summed E-state index contributed by atoms with van der Waals surface area (Å²) in [7, 11) is 0. The first-order chi connectivity index (χ1) is 6.27. The van der Waals surface area contributed by atoms with E-state index in [-0.39, 0.29) is 6.04 Å². The van der Waals surface area contributed by atoms with Gasteiger partial charge >= 0.3 is 0 Å². The van der Waals surface area contributed by atoms with Crippen LogP contribution in [0.5, 0.6) is 0 Å². The minimum atomic E-state index is 0.161. The molecule has 1 unspecified atom stereocenters. The molecule has 0 bridgehead atoms. The van der Waals surface area contributed by atoms with E-state index in [9.17, 15) is 0 Å². The molecule has 2 nitrogen and oxygen atoms in total. The van der Waals surface area contributed by atoms with Crippen LogP contribution >= 0.6 is 0 Å². The number of aryl methyl sites for hydroxylation is 1. The van der Waals surface area contributed by atoms with Gasteiger partial charge in [0.1, 0.15) is 0 Å². The van der Waals surface area contributed by atoms with E-state index in [0.717, 1.165) is 11.4 Å². The number of hydrogen-bond acceptors (Lipinski definition) is 2. The Morgan fingerprint density at radius 1 is 1.46 bits per heavy atom. The molecule has 1 fully saturated rings. The van der Waals surface area contributed by atoms with E-state index >= 15 is 0 Å². The third-order valence-electron chi connectivity index (χ3n) is 2.91. The number of nitrogens with two attached hydrogens (primary N) is 1. The van der Waals surface area contributed by atoms with Gasteiger partial charge in [0.15, 0.2) is 0 Å². The van der Waals surface area contributed by atoms with Crippen LogP contribution in [0, 0.1) is 12.8 Å². The van der Waals surface area contributed by atoms with Gasteiger partial charge in [-0.1, -0.05) is 12.5 Å². The lowest BCUT2D eigenvalue weighted by Gasteiger charge is -2.30. The van der Waals surface area contributed by atoms with Crippen LogP contribution in [0.2, 0.25) is 0 Å². The lowest BCUT2D eigenvalue weighted by atomic mass is 9.79. The van der Waals surface area contributed by atoms with Crippen LogP contribution in [0.25, 0.3) is 0 Å². The van der Waals surface area contributed by atoms with Crippen LogP contribution in [-0.2, 0) is 0 Å². The van der Waals surface area contributed by atoms with Crippen molar-refractivity contribution in [2.24, 2.45) is 11.7 Å². The molecule has 1 saturated carbocycles. The number of aromatic nitrogens is 1. The molecule has 0 spiro atoms. The molecule has 0 saturated heterocycles. The number of pyridine rings is 1. The molecule has 0 amide bonds. The molecular weight excluding hydrogens is 160 g/mol. The lowest BCUT2D eigenvalue weighted by Crippen LogP contribution is -2.27. The molecule has 70 valence electrons. The van der Waals surface area contributed by atoms with Crippen molar-refractivity contribution in [1.82, 2.24) is 4.98 Å². The van der Waals surface area contributed by atoms with Crippen molar-refractivity contribution < 1.29 is 0 Å². The SMILES string of the molecule is Cc1cccc(C(N)C2CCC2)n1. The van der Waals surface area contributed by atoms with Crippen LogP contribution in [0.1, 0.15) is 36.7 Å². The summed E-state index contributed by atoms with van der Waals surface area (Å²) in [6, 6.07) is 6.25. The molecule has 0 radical (unpaired) electrons. The minimum absolute atomic E-state index is 0.161. The third-order valence-corrected chi connectivity index (χ3v) is 2.91. The fourth-order valence-electron chi connectivity index (χ4n) is 1.79. The summed E-state index contributed by atoms with van der Waals surface area (Å²) in [6.45, 7) is 2.01. The summed E-state index contributed by atoms with van der Waals surface area (Å²) in [5.41, 5.74) is 8.23. The fraction of sp³-hybridized carbons (Fsp3) is 0.545. The van der Waals surface area contributed by atoms with Gasteiger partial charge in [0.05, 0.1) is 5.69 Å². The van der Waals surface area contributed by atoms with Crippen LogP contribution in [-0.4, -0.2) is 4.98 Å². The summed E-state index contributed by atoms with van der Waals surface area (Å²) in [6.07, 6.45) is 3.89. The van der Waals surface area contributed by atoms with Crippen molar-refractivity contribution in [1.29, 1.82) is 0 Å². The number of nitrogens with zero attached hydrogens (tertiary/aromatic N) is 1. The van der Waals surface area contributed by atoms with E-state index in [1.807, 2.05) is 25.1 Å². The summed E-state index contributed by atoms with van der Waals surface area (Å²) in [5.74, 6) is 0.675. The van der Waals surface area contributed by atoms with Crippen molar-refractivity contribution in [2.75, 3.05) is 0 Å². The van der Waals surface area contributed by atoms with Gasteiger partial charge in [-0.05, 0) is 37.8 Å². The van der Waals surface area contributed by atoms with Gasteiger partial charge in [-0.15, -0.1) is 0 Å². The molecule has 2 N–H and O–H groups in total. The van der Waals surface area contributed by atoms with E-state index in [2.05, 4.69) is 4.98 Å². The Kier molecular flexibility index (Phi) is 2.32. The topological polar surface area (TPSA) is 38.9 Å².